The zero-order valence-corrected chi connectivity index (χ0v) is 12.0. The van der Waals surface area contributed by atoms with Gasteiger partial charge in [0.25, 0.3) is 5.91 Å². The monoisotopic (exact) mass is 312 g/mol. The lowest BCUT2D eigenvalue weighted by Crippen LogP contribution is -2.42. The van der Waals surface area contributed by atoms with Gasteiger partial charge in [-0.3, -0.25) is 4.79 Å². The highest BCUT2D eigenvalue weighted by molar-refractivity contribution is 9.10. The molecular weight excluding hydrogens is 296 g/mol. The third-order valence-corrected chi connectivity index (χ3v) is 3.86. The Bertz CT molecular complexity index is 427. The largest absolute Gasteiger partial charge is 0.388 e. The van der Waals surface area contributed by atoms with Crippen molar-refractivity contribution >= 4 is 21.8 Å². The lowest BCUT2D eigenvalue weighted by molar-refractivity contribution is 0.0156. The van der Waals surface area contributed by atoms with Crippen LogP contribution in [0.15, 0.2) is 22.9 Å². The number of amides is 1. The van der Waals surface area contributed by atoms with E-state index in [1.807, 2.05) is 0 Å². The highest BCUT2D eigenvalue weighted by Gasteiger charge is 2.33. The molecule has 0 atom stereocenters. The van der Waals surface area contributed by atoms with Gasteiger partial charge in [-0.1, -0.05) is 12.8 Å². The van der Waals surface area contributed by atoms with Gasteiger partial charge < -0.3 is 10.0 Å². The molecule has 1 fully saturated rings. The van der Waals surface area contributed by atoms with E-state index in [1.165, 1.54) is 0 Å². The van der Waals surface area contributed by atoms with Gasteiger partial charge in [-0.2, -0.15) is 0 Å². The smallest absolute Gasteiger partial charge is 0.255 e. The van der Waals surface area contributed by atoms with Gasteiger partial charge in [0.1, 0.15) is 4.60 Å². The van der Waals surface area contributed by atoms with Crippen LogP contribution in [0, 0.1) is 0 Å². The van der Waals surface area contributed by atoms with Gasteiger partial charge in [-0.25, -0.2) is 4.98 Å². The normalized spacial score (nSPS) is 17.7. The number of aliphatic hydroxyl groups is 1. The molecule has 18 heavy (non-hydrogen) atoms. The number of aromatic nitrogens is 1. The number of pyridine rings is 1. The quantitative estimate of drug-likeness (QED) is 0.871. The molecule has 0 aliphatic heterocycles. The number of hydrogen-bond donors (Lipinski definition) is 1. The Morgan fingerprint density at radius 1 is 1.50 bits per heavy atom. The van der Waals surface area contributed by atoms with E-state index in [0.717, 1.165) is 25.7 Å². The molecule has 1 saturated carbocycles. The standard InChI is InChI=1S/C13H17BrN2O2/c1-16(9-13(18)6-2-3-7-13)12(17)10-4-5-11(14)15-8-10/h4-5,8,18H,2-3,6-7,9H2,1H3. The van der Waals surface area contributed by atoms with Crippen molar-refractivity contribution in [1.82, 2.24) is 9.88 Å². The molecule has 0 aromatic carbocycles. The Morgan fingerprint density at radius 2 is 2.17 bits per heavy atom. The minimum absolute atomic E-state index is 0.102. The number of nitrogens with zero attached hydrogens (tertiary/aromatic N) is 2. The van der Waals surface area contributed by atoms with E-state index in [1.54, 1.807) is 30.3 Å². The number of halogens is 1. The lowest BCUT2D eigenvalue weighted by Gasteiger charge is -2.28. The van der Waals surface area contributed by atoms with E-state index in [0.29, 0.717) is 16.7 Å². The van der Waals surface area contributed by atoms with Crippen molar-refractivity contribution in [3.05, 3.63) is 28.5 Å². The maximum Gasteiger partial charge on any atom is 0.255 e. The van der Waals surface area contributed by atoms with Crippen LogP contribution in [0.5, 0.6) is 0 Å². The third-order valence-electron chi connectivity index (χ3n) is 3.39. The molecule has 5 heteroatoms. The molecule has 1 heterocycles. The minimum Gasteiger partial charge on any atom is -0.388 e. The van der Waals surface area contributed by atoms with Crippen molar-refractivity contribution in [2.45, 2.75) is 31.3 Å². The topological polar surface area (TPSA) is 53.4 Å². The van der Waals surface area contributed by atoms with Crippen LogP contribution in [-0.2, 0) is 0 Å². The molecule has 2 rings (SSSR count). The average molecular weight is 313 g/mol. The van der Waals surface area contributed by atoms with Crippen LogP contribution >= 0.6 is 15.9 Å². The summed E-state index contributed by atoms with van der Waals surface area (Å²) in [5, 5.41) is 10.3. The molecule has 4 nitrogen and oxygen atoms in total. The summed E-state index contributed by atoms with van der Waals surface area (Å²) >= 11 is 3.24. The van der Waals surface area contributed by atoms with Crippen LogP contribution in [-0.4, -0.2) is 40.1 Å². The van der Waals surface area contributed by atoms with Crippen molar-refractivity contribution in [3.8, 4) is 0 Å². The number of carbonyl (C=O) groups is 1. The Hall–Kier alpha value is -0.940. The first-order valence-corrected chi connectivity index (χ1v) is 6.89. The number of likely N-dealkylation sites (N-methyl/N-ethyl adjacent to an activating group) is 1. The van der Waals surface area contributed by atoms with Gasteiger partial charge in [-0.15, -0.1) is 0 Å². The summed E-state index contributed by atoms with van der Waals surface area (Å²) in [6.45, 7) is 0.391. The van der Waals surface area contributed by atoms with E-state index >= 15 is 0 Å². The second-order valence-electron chi connectivity index (χ2n) is 4.96. The van der Waals surface area contributed by atoms with Crippen LogP contribution in [0.25, 0.3) is 0 Å². The summed E-state index contributed by atoms with van der Waals surface area (Å²) in [7, 11) is 1.72. The number of rotatable bonds is 3. The summed E-state index contributed by atoms with van der Waals surface area (Å²) < 4.78 is 0.705. The van der Waals surface area contributed by atoms with E-state index in [-0.39, 0.29) is 5.91 Å². The molecule has 1 amide bonds. The summed E-state index contributed by atoms with van der Waals surface area (Å²) in [4.78, 5) is 17.8. The van der Waals surface area contributed by atoms with E-state index in [9.17, 15) is 9.90 Å². The molecule has 0 spiro atoms. The van der Waals surface area contributed by atoms with E-state index in [2.05, 4.69) is 20.9 Å². The number of carbonyl (C=O) groups excluding carboxylic acids is 1. The van der Waals surface area contributed by atoms with Gasteiger partial charge in [0, 0.05) is 19.8 Å². The van der Waals surface area contributed by atoms with Gasteiger partial charge in [-0.05, 0) is 40.9 Å². The fraction of sp³-hybridized carbons (Fsp3) is 0.538. The van der Waals surface area contributed by atoms with Gasteiger partial charge in [0.05, 0.1) is 11.2 Å². The Kier molecular flexibility index (Phi) is 4.02. The van der Waals surface area contributed by atoms with Crippen LogP contribution < -0.4 is 0 Å². The molecule has 1 N–H and O–H groups in total. The molecule has 0 bridgehead atoms. The molecule has 0 radical (unpaired) electrons. The highest BCUT2D eigenvalue weighted by Crippen LogP contribution is 2.30. The third kappa shape index (κ3) is 3.09. The molecular formula is C13H17BrN2O2. The predicted molar refractivity (Wildman–Crippen MR) is 72.3 cm³/mol. The fourth-order valence-corrected chi connectivity index (χ4v) is 2.66. The van der Waals surface area contributed by atoms with Crippen LogP contribution in [0.4, 0.5) is 0 Å². The maximum atomic E-state index is 12.1. The van der Waals surface area contributed by atoms with Crippen molar-refractivity contribution in [2.75, 3.05) is 13.6 Å². The summed E-state index contributed by atoms with van der Waals surface area (Å²) in [6, 6.07) is 3.47. The molecule has 98 valence electrons. The van der Waals surface area contributed by atoms with Gasteiger partial charge >= 0.3 is 0 Å². The first-order valence-electron chi connectivity index (χ1n) is 6.10. The predicted octanol–water partition coefficient (Wildman–Crippen LogP) is 2.22. The Balaban J connectivity index is 2.02. The maximum absolute atomic E-state index is 12.1. The zero-order valence-electron chi connectivity index (χ0n) is 10.4. The molecule has 0 saturated heterocycles. The van der Waals surface area contributed by atoms with Crippen molar-refractivity contribution < 1.29 is 9.90 Å². The SMILES string of the molecule is CN(CC1(O)CCCC1)C(=O)c1ccc(Br)nc1. The second-order valence-corrected chi connectivity index (χ2v) is 5.77. The van der Waals surface area contributed by atoms with Gasteiger partial charge in [0.2, 0.25) is 0 Å². The van der Waals surface area contributed by atoms with Gasteiger partial charge in [0.15, 0.2) is 0 Å². The number of hydrogen-bond acceptors (Lipinski definition) is 3. The minimum atomic E-state index is -0.701. The van der Waals surface area contributed by atoms with Crippen molar-refractivity contribution in [3.63, 3.8) is 0 Å². The van der Waals surface area contributed by atoms with Crippen LogP contribution in [0.3, 0.4) is 0 Å². The second kappa shape index (κ2) is 5.36. The first-order chi connectivity index (χ1) is 8.50. The summed E-state index contributed by atoms with van der Waals surface area (Å²) in [5.41, 5.74) is -0.157. The molecule has 0 unspecified atom stereocenters. The zero-order chi connectivity index (χ0) is 13.2. The average Bonchev–Trinajstić information content (AvgIpc) is 2.76. The Labute approximate surface area is 115 Å². The van der Waals surface area contributed by atoms with Crippen LogP contribution in [0.2, 0.25) is 0 Å². The summed E-state index contributed by atoms with van der Waals surface area (Å²) in [6.07, 6.45) is 5.19. The Morgan fingerprint density at radius 3 is 2.72 bits per heavy atom. The van der Waals surface area contributed by atoms with E-state index < -0.39 is 5.60 Å². The molecule has 1 aromatic heterocycles. The lowest BCUT2D eigenvalue weighted by atomic mass is 10.0. The summed E-state index contributed by atoms with van der Waals surface area (Å²) in [5.74, 6) is -0.102. The van der Waals surface area contributed by atoms with E-state index in [4.69, 9.17) is 0 Å². The molecule has 1 aromatic rings. The highest BCUT2D eigenvalue weighted by atomic mass is 79.9. The van der Waals surface area contributed by atoms with Crippen LogP contribution in [0.1, 0.15) is 36.0 Å². The first kappa shape index (κ1) is 13.5. The molecule has 1 aliphatic rings. The van der Waals surface area contributed by atoms with Crippen molar-refractivity contribution in [2.24, 2.45) is 0 Å². The molecule has 1 aliphatic carbocycles. The fourth-order valence-electron chi connectivity index (χ4n) is 2.43. The van der Waals surface area contributed by atoms with Crippen molar-refractivity contribution in [1.29, 1.82) is 0 Å².